The first-order chi connectivity index (χ1) is 28.8. The lowest BCUT2D eigenvalue weighted by Gasteiger charge is -2.39. The number of imidazole rings is 1. The van der Waals surface area contributed by atoms with Crippen molar-refractivity contribution >= 4 is 45.3 Å². The number of para-hydroxylation sites is 1. The summed E-state index contributed by atoms with van der Waals surface area (Å²) in [6.07, 6.45) is 11.4. The van der Waals surface area contributed by atoms with Crippen molar-refractivity contribution in [3.8, 4) is 0 Å². The summed E-state index contributed by atoms with van der Waals surface area (Å²) >= 11 is 0. The second-order valence-electron chi connectivity index (χ2n) is 18.4. The fourth-order valence-corrected chi connectivity index (χ4v) is 10.0. The predicted molar refractivity (Wildman–Crippen MR) is 230 cm³/mol. The van der Waals surface area contributed by atoms with Crippen LogP contribution in [0.5, 0.6) is 0 Å². The number of aromatic nitrogens is 5. The van der Waals surface area contributed by atoms with Gasteiger partial charge >= 0.3 is 5.69 Å². The lowest BCUT2D eigenvalue weighted by molar-refractivity contribution is -0.135. The van der Waals surface area contributed by atoms with Crippen LogP contribution in [-0.4, -0.2) is 89.3 Å². The van der Waals surface area contributed by atoms with Gasteiger partial charge in [-0.2, -0.15) is 5.10 Å². The van der Waals surface area contributed by atoms with Crippen molar-refractivity contribution in [3.63, 3.8) is 0 Å². The number of imide groups is 1. The number of hydrogen-bond acceptors (Lipinski definition) is 9. The molecule has 5 aromatic rings. The van der Waals surface area contributed by atoms with Crippen LogP contribution in [0.4, 0.5) is 5.69 Å². The summed E-state index contributed by atoms with van der Waals surface area (Å²) in [6, 6.07) is 15.5. The Labute approximate surface area is 349 Å². The van der Waals surface area contributed by atoms with Crippen LogP contribution in [0.1, 0.15) is 123 Å². The van der Waals surface area contributed by atoms with E-state index in [-0.39, 0.29) is 23.9 Å². The normalized spacial score (nSPS) is 22.2. The molecule has 2 saturated heterocycles. The first-order valence-electron chi connectivity index (χ1n) is 21.8. The third-order valence-corrected chi connectivity index (χ3v) is 13.6. The van der Waals surface area contributed by atoms with Gasteiger partial charge in [0.25, 0.3) is 5.91 Å². The standard InChI is InChI=1S/C46H57N9O5/c1-46(2,60)34-24-37-31(23-38(34)48-43(57)36-9-6-8-35(47-36)29-13-14-29)27-54(50-37)33-15-11-28(12-16-33)25-51(3)32-19-21-53(22-20-32)26-30-7-5-10-39-42(30)52(4)45(59)55(39)40-17-18-41(56)49-44(40)58/h5-10,23-24,27-29,32-33,40,60H,11-22,25-26H2,1-4H3,(H,48,57)(H,49,56,58). The fraction of sp³-hybridized carbons (Fsp3) is 0.522. The molecule has 14 heteroatoms. The van der Waals surface area contributed by atoms with E-state index in [1.807, 2.05) is 36.4 Å². The lowest BCUT2D eigenvalue weighted by Crippen LogP contribution is -2.44. The number of fused-ring (bicyclic) bond motifs is 2. The fourth-order valence-electron chi connectivity index (χ4n) is 10.0. The van der Waals surface area contributed by atoms with Crippen molar-refractivity contribution in [2.45, 2.75) is 114 Å². The highest BCUT2D eigenvalue weighted by Gasteiger charge is 2.33. The van der Waals surface area contributed by atoms with Crippen molar-refractivity contribution in [3.05, 3.63) is 87.7 Å². The Morgan fingerprint density at radius 1 is 0.967 bits per heavy atom. The van der Waals surface area contributed by atoms with Gasteiger partial charge in [0.15, 0.2) is 0 Å². The Morgan fingerprint density at radius 2 is 1.72 bits per heavy atom. The van der Waals surface area contributed by atoms with Gasteiger partial charge in [0, 0.05) is 67.0 Å². The van der Waals surface area contributed by atoms with E-state index in [9.17, 15) is 24.3 Å². The Bertz CT molecular complexity index is 2510. The van der Waals surface area contributed by atoms with E-state index in [4.69, 9.17) is 5.10 Å². The zero-order chi connectivity index (χ0) is 41.9. The van der Waals surface area contributed by atoms with Gasteiger partial charge in [0.2, 0.25) is 11.8 Å². The minimum absolute atomic E-state index is 0.221. The van der Waals surface area contributed by atoms with Crippen molar-refractivity contribution in [2.24, 2.45) is 13.0 Å². The molecule has 14 nitrogen and oxygen atoms in total. The van der Waals surface area contributed by atoms with Gasteiger partial charge in [0.1, 0.15) is 11.7 Å². The Kier molecular flexibility index (Phi) is 10.7. The Balaban J connectivity index is 0.792. The molecular weight excluding hydrogens is 759 g/mol. The molecule has 5 heterocycles. The molecule has 0 bridgehead atoms. The molecule has 4 aliphatic rings. The van der Waals surface area contributed by atoms with E-state index in [0.717, 1.165) is 111 Å². The van der Waals surface area contributed by atoms with Crippen molar-refractivity contribution in [1.82, 2.24) is 39.0 Å². The van der Waals surface area contributed by atoms with Gasteiger partial charge in [-0.25, -0.2) is 9.78 Å². The number of nitrogens with zero attached hydrogens (tertiary/aromatic N) is 7. The summed E-state index contributed by atoms with van der Waals surface area (Å²) in [7, 11) is 4.04. The highest BCUT2D eigenvalue weighted by atomic mass is 16.3. The molecule has 9 rings (SSSR count). The second kappa shape index (κ2) is 16.0. The summed E-state index contributed by atoms with van der Waals surface area (Å²) < 4.78 is 5.31. The van der Waals surface area contributed by atoms with E-state index in [2.05, 4.69) is 49.4 Å². The largest absolute Gasteiger partial charge is 0.386 e. The molecule has 0 radical (unpaired) electrons. The molecule has 4 fully saturated rings. The second-order valence-corrected chi connectivity index (χ2v) is 18.4. The lowest BCUT2D eigenvalue weighted by atomic mass is 9.85. The average Bonchev–Trinajstić information content (AvgIpc) is 3.95. The van der Waals surface area contributed by atoms with E-state index >= 15 is 0 Å². The number of benzene rings is 2. The molecule has 3 aromatic heterocycles. The smallest absolute Gasteiger partial charge is 0.329 e. The van der Waals surface area contributed by atoms with Crippen molar-refractivity contribution < 1.29 is 19.5 Å². The molecule has 2 aliphatic carbocycles. The molecule has 3 amide bonds. The highest BCUT2D eigenvalue weighted by molar-refractivity contribution is 6.04. The molecule has 3 N–H and O–H groups in total. The molecule has 60 heavy (non-hydrogen) atoms. The topological polar surface area (TPSA) is 160 Å². The van der Waals surface area contributed by atoms with Crippen LogP contribution in [0.2, 0.25) is 0 Å². The van der Waals surface area contributed by atoms with Crippen molar-refractivity contribution in [2.75, 3.05) is 32.0 Å². The molecule has 2 aliphatic heterocycles. The number of anilines is 1. The van der Waals surface area contributed by atoms with Gasteiger partial charge in [-0.1, -0.05) is 18.2 Å². The van der Waals surface area contributed by atoms with Crippen LogP contribution >= 0.6 is 0 Å². The molecule has 1 unspecified atom stereocenters. The number of rotatable bonds is 11. The van der Waals surface area contributed by atoms with Crippen LogP contribution in [-0.2, 0) is 28.8 Å². The van der Waals surface area contributed by atoms with Crippen LogP contribution in [0.25, 0.3) is 21.9 Å². The van der Waals surface area contributed by atoms with Gasteiger partial charge in [-0.05, 0) is 134 Å². The SMILES string of the molecule is CN(CC1CCC(n2cc3cc(NC(=O)c4cccc(C5CC5)n4)c(C(C)(C)O)cc3n2)CC1)C1CCN(Cc2cccc3c2n(C)c(=O)n3C2CCC(=O)NC2=O)CC1. The van der Waals surface area contributed by atoms with E-state index in [1.54, 1.807) is 36.1 Å². The number of nitrogens with one attached hydrogen (secondary N) is 2. The third-order valence-electron chi connectivity index (χ3n) is 13.6. The van der Waals surface area contributed by atoms with Gasteiger partial charge in [0.05, 0.1) is 28.2 Å². The van der Waals surface area contributed by atoms with Gasteiger partial charge in [-0.15, -0.1) is 0 Å². The Hall–Kier alpha value is -5.18. The number of amides is 3. The number of hydrogen-bond donors (Lipinski definition) is 3. The molecule has 1 atom stereocenters. The number of likely N-dealkylation sites (tertiary alicyclic amines) is 1. The minimum Gasteiger partial charge on any atom is -0.386 e. The maximum atomic E-state index is 13.4. The number of carbonyl (C=O) groups excluding carboxylic acids is 3. The first kappa shape index (κ1) is 40.2. The zero-order valence-electron chi connectivity index (χ0n) is 35.2. The number of aryl methyl sites for hydroxylation is 1. The minimum atomic E-state index is -1.19. The monoisotopic (exact) mass is 815 g/mol. The van der Waals surface area contributed by atoms with E-state index in [0.29, 0.717) is 47.3 Å². The molecule has 2 saturated carbocycles. The van der Waals surface area contributed by atoms with Crippen LogP contribution in [0.15, 0.2) is 59.5 Å². The van der Waals surface area contributed by atoms with Crippen molar-refractivity contribution in [1.29, 1.82) is 0 Å². The molecule has 0 spiro atoms. The summed E-state index contributed by atoms with van der Waals surface area (Å²) in [5.41, 5.74) is 4.57. The van der Waals surface area contributed by atoms with Crippen LogP contribution in [0.3, 0.4) is 0 Å². The molecule has 316 valence electrons. The number of pyridine rings is 1. The number of aliphatic hydroxyl groups is 1. The first-order valence-corrected chi connectivity index (χ1v) is 21.8. The summed E-state index contributed by atoms with van der Waals surface area (Å²) in [4.78, 5) is 61.0. The van der Waals surface area contributed by atoms with E-state index < -0.39 is 17.6 Å². The third kappa shape index (κ3) is 8.04. The molecular formula is C46H57N9O5. The highest BCUT2D eigenvalue weighted by Crippen LogP contribution is 2.39. The molecule has 2 aromatic carbocycles. The zero-order valence-corrected chi connectivity index (χ0v) is 35.2. The van der Waals surface area contributed by atoms with Crippen LogP contribution < -0.4 is 16.3 Å². The number of piperidine rings is 2. The predicted octanol–water partition coefficient (Wildman–Crippen LogP) is 5.75. The van der Waals surface area contributed by atoms with Gasteiger partial charge < -0.3 is 15.3 Å². The van der Waals surface area contributed by atoms with Gasteiger partial charge in [-0.3, -0.25) is 38.4 Å². The Morgan fingerprint density at radius 3 is 2.43 bits per heavy atom. The maximum Gasteiger partial charge on any atom is 0.329 e. The van der Waals surface area contributed by atoms with E-state index in [1.165, 1.54) is 0 Å². The maximum absolute atomic E-state index is 13.4. The summed E-state index contributed by atoms with van der Waals surface area (Å²) in [6.45, 7) is 7.20. The number of carbonyl (C=O) groups is 3. The average molecular weight is 816 g/mol. The quantitative estimate of drug-likeness (QED) is 0.141. The van der Waals surface area contributed by atoms with Crippen LogP contribution in [0, 0.1) is 5.92 Å². The summed E-state index contributed by atoms with van der Waals surface area (Å²) in [5.74, 6) is 0.0768. The summed E-state index contributed by atoms with van der Waals surface area (Å²) in [5, 5.41) is 22.5.